The molecule has 51 valence electrons. The first-order valence-electron chi connectivity index (χ1n) is 3.31. The second-order valence-corrected chi connectivity index (χ2v) is 2.43. The van der Waals surface area contributed by atoms with Gasteiger partial charge in [-0.05, 0) is 12.3 Å². The lowest BCUT2D eigenvalue weighted by molar-refractivity contribution is 0.239. The van der Waals surface area contributed by atoms with Gasteiger partial charge in [0, 0.05) is 6.42 Å². The molecule has 0 N–H and O–H groups in total. The second kappa shape index (κ2) is 5.65. The van der Waals surface area contributed by atoms with Crippen molar-refractivity contribution >= 4 is 0 Å². The van der Waals surface area contributed by atoms with Gasteiger partial charge in [-0.25, -0.2) is 5.11 Å². The Morgan fingerprint density at radius 1 is 1.33 bits per heavy atom. The van der Waals surface area contributed by atoms with Gasteiger partial charge in [0.1, 0.15) is 6.61 Å². The van der Waals surface area contributed by atoms with E-state index in [1.165, 1.54) is 0 Å². The monoisotopic (exact) mass is 125 g/mol. The van der Waals surface area contributed by atoms with E-state index in [1.54, 1.807) is 0 Å². The van der Waals surface area contributed by atoms with Crippen molar-refractivity contribution in [1.29, 1.82) is 0 Å². The molecule has 1 nitrogen and oxygen atoms in total. The first-order chi connectivity index (χ1) is 4.27. The highest BCUT2D eigenvalue weighted by molar-refractivity contribution is 4.98. The largest absolute Gasteiger partial charge is 0.223 e. The molecule has 0 aromatic heterocycles. The molecular weight excluding hydrogens is 112 g/mol. The van der Waals surface area contributed by atoms with Crippen LogP contribution in [0.2, 0.25) is 0 Å². The SMILES string of the molecule is CC(C)CCC#CC[O]. The first kappa shape index (κ1) is 8.52. The van der Waals surface area contributed by atoms with Gasteiger partial charge in [-0.2, -0.15) is 0 Å². The molecule has 0 aliphatic heterocycles. The highest BCUT2D eigenvalue weighted by Gasteiger charge is 1.88. The molecule has 0 heterocycles. The lowest BCUT2D eigenvalue weighted by Gasteiger charge is -1.96. The van der Waals surface area contributed by atoms with Crippen molar-refractivity contribution in [3.63, 3.8) is 0 Å². The Kier molecular flexibility index (Phi) is 5.35. The molecule has 0 amide bonds. The van der Waals surface area contributed by atoms with Crippen molar-refractivity contribution < 1.29 is 5.11 Å². The Hall–Kier alpha value is -0.480. The van der Waals surface area contributed by atoms with Crippen molar-refractivity contribution in [2.24, 2.45) is 5.92 Å². The zero-order valence-electron chi connectivity index (χ0n) is 6.11. The number of rotatable bonds is 2. The van der Waals surface area contributed by atoms with Gasteiger partial charge in [0.2, 0.25) is 0 Å². The molecule has 0 spiro atoms. The Morgan fingerprint density at radius 2 is 2.00 bits per heavy atom. The normalized spacial score (nSPS) is 8.89. The topological polar surface area (TPSA) is 19.9 Å². The van der Waals surface area contributed by atoms with Gasteiger partial charge in [-0.1, -0.05) is 19.8 Å². The minimum Gasteiger partial charge on any atom is -0.223 e. The van der Waals surface area contributed by atoms with Gasteiger partial charge in [-0.3, -0.25) is 0 Å². The quantitative estimate of drug-likeness (QED) is 0.502. The maximum atomic E-state index is 9.80. The van der Waals surface area contributed by atoms with Crippen LogP contribution in [0.4, 0.5) is 0 Å². The molecule has 0 rings (SSSR count). The molecular formula is C8H13O. The zero-order chi connectivity index (χ0) is 7.11. The fourth-order valence-corrected chi connectivity index (χ4v) is 0.500. The van der Waals surface area contributed by atoms with Crippen molar-refractivity contribution in [3.05, 3.63) is 0 Å². The molecule has 0 bridgehead atoms. The summed E-state index contributed by atoms with van der Waals surface area (Å²) in [5, 5.41) is 9.80. The molecule has 0 atom stereocenters. The molecule has 0 aromatic carbocycles. The van der Waals surface area contributed by atoms with Crippen molar-refractivity contribution in [2.45, 2.75) is 26.7 Å². The lowest BCUT2D eigenvalue weighted by Crippen LogP contribution is -1.84. The van der Waals surface area contributed by atoms with E-state index in [4.69, 9.17) is 0 Å². The van der Waals surface area contributed by atoms with Crippen LogP contribution < -0.4 is 0 Å². The molecule has 0 aromatic rings. The summed E-state index contributed by atoms with van der Waals surface area (Å²) in [5.74, 6) is 6.00. The van der Waals surface area contributed by atoms with E-state index in [0.29, 0.717) is 5.92 Å². The molecule has 0 aliphatic carbocycles. The van der Waals surface area contributed by atoms with Gasteiger partial charge in [0.15, 0.2) is 0 Å². The molecule has 0 unspecified atom stereocenters. The lowest BCUT2D eigenvalue weighted by atomic mass is 10.1. The summed E-state index contributed by atoms with van der Waals surface area (Å²) in [5.41, 5.74) is 0. The van der Waals surface area contributed by atoms with Crippen LogP contribution in [0, 0.1) is 17.8 Å². The van der Waals surface area contributed by atoms with Crippen LogP contribution >= 0.6 is 0 Å². The Morgan fingerprint density at radius 3 is 2.44 bits per heavy atom. The van der Waals surface area contributed by atoms with Crippen LogP contribution in [0.5, 0.6) is 0 Å². The molecule has 0 aliphatic rings. The van der Waals surface area contributed by atoms with Gasteiger partial charge >= 0.3 is 0 Å². The Bertz CT molecular complexity index is 105. The predicted octanol–water partition coefficient (Wildman–Crippen LogP) is 1.86. The van der Waals surface area contributed by atoms with Gasteiger partial charge < -0.3 is 0 Å². The van der Waals surface area contributed by atoms with Crippen molar-refractivity contribution in [2.75, 3.05) is 6.61 Å². The summed E-state index contributed by atoms with van der Waals surface area (Å²) in [6.07, 6.45) is 1.98. The zero-order valence-corrected chi connectivity index (χ0v) is 6.11. The molecule has 9 heavy (non-hydrogen) atoms. The third kappa shape index (κ3) is 7.52. The third-order valence-electron chi connectivity index (χ3n) is 1.04. The Balaban J connectivity index is 3.09. The average molecular weight is 125 g/mol. The van der Waals surface area contributed by atoms with Gasteiger partial charge in [-0.15, -0.1) is 5.92 Å². The summed E-state index contributed by atoms with van der Waals surface area (Å²) in [6.45, 7) is 4.05. The van der Waals surface area contributed by atoms with Gasteiger partial charge in [0.25, 0.3) is 0 Å². The van der Waals surface area contributed by atoms with E-state index in [-0.39, 0.29) is 6.61 Å². The first-order valence-corrected chi connectivity index (χ1v) is 3.31. The number of hydrogen-bond donors (Lipinski definition) is 0. The molecule has 1 heteroatoms. The summed E-state index contributed by atoms with van der Waals surface area (Å²) < 4.78 is 0. The fraction of sp³-hybridized carbons (Fsp3) is 0.750. The van der Waals surface area contributed by atoms with Gasteiger partial charge in [0.05, 0.1) is 0 Å². The van der Waals surface area contributed by atoms with Crippen LogP contribution in [-0.4, -0.2) is 6.61 Å². The van der Waals surface area contributed by atoms with Crippen LogP contribution in [-0.2, 0) is 5.11 Å². The van der Waals surface area contributed by atoms with E-state index in [9.17, 15) is 5.11 Å². The Labute approximate surface area is 57.1 Å². The maximum absolute atomic E-state index is 9.80. The molecule has 0 saturated heterocycles. The summed E-state index contributed by atoms with van der Waals surface area (Å²) >= 11 is 0. The average Bonchev–Trinajstić information content (AvgIpc) is 1.80. The standard InChI is InChI=1S/C8H13O/c1-8(2)6-4-3-5-7-9/h8H,4,6-7H2,1-2H3. The minimum absolute atomic E-state index is 0.252. The fourth-order valence-electron chi connectivity index (χ4n) is 0.500. The van der Waals surface area contributed by atoms with Crippen molar-refractivity contribution in [3.8, 4) is 11.8 Å². The third-order valence-corrected chi connectivity index (χ3v) is 1.04. The predicted molar refractivity (Wildman–Crippen MR) is 37.4 cm³/mol. The van der Waals surface area contributed by atoms with Crippen LogP contribution in [0.15, 0.2) is 0 Å². The van der Waals surface area contributed by atoms with Crippen LogP contribution in [0.3, 0.4) is 0 Å². The number of hydrogen-bond acceptors (Lipinski definition) is 0. The van der Waals surface area contributed by atoms with E-state index >= 15 is 0 Å². The highest BCUT2D eigenvalue weighted by atomic mass is 16.2. The van der Waals surface area contributed by atoms with Crippen molar-refractivity contribution in [1.82, 2.24) is 0 Å². The van der Waals surface area contributed by atoms with E-state index in [0.717, 1.165) is 12.8 Å². The molecule has 1 radical (unpaired) electrons. The smallest absolute Gasteiger partial charge is 0.143 e. The summed E-state index contributed by atoms with van der Waals surface area (Å²) in [7, 11) is 0. The molecule has 0 saturated carbocycles. The highest BCUT2D eigenvalue weighted by Crippen LogP contribution is 2.00. The van der Waals surface area contributed by atoms with Crippen LogP contribution in [0.1, 0.15) is 26.7 Å². The van der Waals surface area contributed by atoms with E-state index in [2.05, 4.69) is 25.7 Å². The second-order valence-electron chi connectivity index (χ2n) is 2.43. The molecule has 0 fully saturated rings. The maximum Gasteiger partial charge on any atom is 0.143 e. The van der Waals surface area contributed by atoms with E-state index < -0.39 is 0 Å². The summed E-state index contributed by atoms with van der Waals surface area (Å²) in [4.78, 5) is 0. The summed E-state index contributed by atoms with van der Waals surface area (Å²) in [6, 6.07) is 0. The van der Waals surface area contributed by atoms with E-state index in [1.807, 2.05) is 0 Å². The minimum atomic E-state index is -0.252. The van der Waals surface area contributed by atoms with Crippen LogP contribution in [0.25, 0.3) is 0 Å².